The van der Waals surface area contributed by atoms with Crippen molar-refractivity contribution in [2.75, 3.05) is 10.2 Å². The van der Waals surface area contributed by atoms with Gasteiger partial charge in [-0.2, -0.15) is 0 Å². The van der Waals surface area contributed by atoms with E-state index in [1.165, 1.54) is 23.5 Å². The van der Waals surface area contributed by atoms with Crippen LogP contribution in [0.4, 0.5) is 16.5 Å². The van der Waals surface area contributed by atoms with Crippen LogP contribution in [-0.2, 0) is 9.59 Å². The molecule has 1 aliphatic carbocycles. The van der Waals surface area contributed by atoms with Gasteiger partial charge in [-0.15, -0.1) is 11.3 Å². The number of ketones is 1. The minimum atomic E-state index is -0.876. The van der Waals surface area contributed by atoms with Crippen LogP contribution in [0.25, 0.3) is 0 Å². The lowest BCUT2D eigenvalue weighted by Crippen LogP contribution is -2.44. The van der Waals surface area contributed by atoms with Crippen LogP contribution in [0.2, 0.25) is 0 Å². The standard InChI is InChI=1S/C27H25N5O4S/c1-27(2)14-19-22(20(33)15-27)21(16-7-6-10-18(13-16)32(35)36)23(25(34)30-26-29-11-12-37-26)24(28)31(19)17-8-4-3-5-9-17/h3-13,21H,14-15,28H2,1-2H3,(H,29,30,34). The molecule has 2 aromatic carbocycles. The molecule has 5 rings (SSSR count). The summed E-state index contributed by atoms with van der Waals surface area (Å²) in [5.41, 5.74) is 8.78. The van der Waals surface area contributed by atoms with Crippen LogP contribution in [-0.4, -0.2) is 21.6 Å². The number of para-hydroxylation sites is 1. The highest BCUT2D eigenvalue weighted by atomic mass is 32.1. The van der Waals surface area contributed by atoms with Gasteiger partial charge in [-0.25, -0.2) is 4.98 Å². The third-order valence-corrected chi connectivity index (χ3v) is 7.28. The summed E-state index contributed by atoms with van der Waals surface area (Å²) in [6.07, 6.45) is 2.39. The summed E-state index contributed by atoms with van der Waals surface area (Å²) in [7, 11) is 0. The van der Waals surface area contributed by atoms with Gasteiger partial charge in [-0.3, -0.25) is 29.9 Å². The number of thiazole rings is 1. The predicted molar refractivity (Wildman–Crippen MR) is 142 cm³/mol. The average Bonchev–Trinajstić information content (AvgIpc) is 3.36. The van der Waals surface area contributed by atoms with E-state index in [0.717, 1.165) is 5.69 Å². The van der Waals surface area contributed by atoms with Gasteiger partial charge in [0.1, 0.15) is 5.82 Å². The number of anilines is 2. The molecule has 0 saturated heterocycles. The zero-order chi connectivity index (χ0) is 26.3. The first-order valence-corrected chi connectivity index (χ1v) is 12.6. The number of hydrogen-bond donors (Lipinski definition) is 2. The molecule has 1 atom stereocenters. The molecule has 2 heterocycles. The number of non-ortho nitro benzene ring substituents is 1. The number of nitrogens with two attached hydrogens (primary N) is 1. The Labute approximate surface area is 217 Å². The Morgan fingerprint density at radius 3 is 2.62 bits per heavy atom. The van der Waals surface area contributed by atoms with Gasteiger partial charge in [0.05, 0.1) is 10.5 Å². The molecule has 188 valence electrons. The molecule has 0 saturated carbocycles. The van der Waals surface area contributed by atoms with Crippen molar-refractivity contribution in [1.29, 1.82) is 0 Å². The molecule has 1 aromatic heterocycles. The zero-order valence-corrected chi connectivity index (χ0v) is 21.1. The van der Waals surface area contributed by atoms with E-state index >= 15 is 0 Å². The number of nitro benzene ring substituents is 1. The number of Topliss-reactive ketones (excluding diaryl/α,β-unsaturated/α-hetero) is 1. The summed E-state index contributed by atoms with van der Waals surface area (Å²) in [5, 5.41) is 16.5. The maximum Gasteiger partial charge on any atom is 0.269 e. The molecule has 0 bridgehead atoms. The molecule has 0 fully saturated rings. The van der Waals surface area contributed by atoms with Crippen LogP contribution in [0, 0.1) is 15.5 Å². The Balaban J connectivity index is 1.77. The molecule has 10 heteroatoms. The first-order chi connectivity index (χ1) is 17.7. The van der Waals surface area contributed by atoms with Gasteiger partial charge in [-0.1, -0.05) is 44.2 Å². The lowest BCUT2D eigenvalue weighted by atomic mass is 9.68. The number of carbonyl (C=O) groups is 2. The van der Waals surface area contributed by atoms with E-state index in [2.05, 4.69) is 10.3 Å². The summed E-state index contributed by atoms with van der Waals surface area (Å²) in [6.45, 7) is 4.04. The summed E-state index contributed by atoms with van der Waals surface area (Å²) in [5.74, 6) is -1.34. The average molecular weight is 516 g/mol. The predicted octanol–water partition coefficient (Wildman–Crippen LogP) is 5.11. The van der Waals surface area contributed by atoms with Crippen molar-refractivity contribution in [1.82, 2.24) is 4.98 Å². The highest BCUT2D eigenvalue weighted by Crippen LogP contribution is 2.50. The molecule has 1 amide bonds. The quantitative estimate of drug-likeness (QED) is 0.357. The van der Waals surface area contributed by atoms with Gasteiger partial charge in [0, 0.05) is 53.0 Å². The zero-order valence-electron chi connectivity index (χ0n) is 20.3. The smallest absolute Gasteiger partial charge is 0.269 e. The highest BCUT2D eigenvalue weighted by Gasteiger charge is 2.46. The Kier molecular flexibility index (Phi) is 6.12. The lowest BCUT2D eigenvalue weighted by molar-refractivity contribution is -0.384. The van der Waals surface area contributed by atoms with Gasteiger partial charge >= 0.3 is 0 Å². The minimum Gasteiger partial charge on any atom is -0.384 e. The fourth-order valence-corrected chi connectivity index (χ4v) is 5.63. The molecule has 2 aliphatic rings. The maximum atomic E-state index is 13.8. The fourth-order valence-electron chi connectivity index (χ4n) is 5.11. The highest BCUT2D eigenvalue weighted by molar-refractivity contribution is 7.13. The van der Waals surface area contributed by atoms with Crippen molar-refractivity contribution < 1.29 is 14.5 Å². The number of nitrogens with one attached hydrogen (secondary N) is 1. The second-order valence-electron chi connectivity index (χ2n) is 9.85. The number of benzene rings is 2. The molecule has 9 nitrogen and oxygen atoms in total. The van der Waals surface area contributed by atoms with Crippen LogP contribution in [0.15, 0.2) is 88.8 Å². The third-order valence-electron chi connectivity index (χ3n) is 6.59. The van der Waals surface area contributed by atoms with Gasteiger partial charge in [0.15, 0.2) is 10.9 Å². The van der Waals surface area contributed by atoms with Crippen LogP contribution < -0.4 is 16.0 Å². The van der Waals surface area contributed by atoms with Crippen LogP contribution in [0.5, 0.6) is 0 Å². The summed E-state index contributed by atoms with van der Waals surface area (Å²) < 4.78 is 0. The van der Waals surface area contributed by atoms with Crippen molar-refractivity contribution in [3.05, 3.63) is 105 Å². The van der Waals surface area contributed by atoms with Gasteiger partial charge in [0.25, 0.3) is 11.6 Å². The van der Waals surface area contributed by atoms with Crippen molar-refractivity contribution in [3.63, 3.8) is 0 Å². The molecular weight excluding hydrogens is 490 g/mol. The van der Waals surface area contributed by atoms with Crippen LogP contribution in [0.1, 0.15) is 38.2 Å². The molecule has 0 spiro atoms. The number of aromatic nitrogens is 1. The number of amides is 1. The molecule has 3 N–H and O–H groups in total. The minimum absolute atomic E-state index is 0.115. The fraction of sp³-hybridized carbons (Fsp3) is 0.222. The van der Waals surface area contributed by atoms with E-state index in [1.807, 2.05) is 44.2 Å². The third kappa shape index (κ3) is 4.51. The van der Waals surface area contributed by atoms with Crippen molar-refractivity contribution >= 4 is 39.5 Å². The van der Waals surface area contributed by atoms with Crippen LogP contribution >= 0.6 is 11.3 Å². The second-order valence-corrected chi connectivity index (χ2v) is 10.7. The Bertz CT molecular complexity index is 1460. The Morgan fingerprint density at radius 2 is 1.95 bits per heavy atom. The topological polar surface area (TPSA) is 131 Å². The van der Waals surface area contributed by atoms with E-state index in [1.54, 1.807) is 28.6 Å². The molecular formula is C27H25N5O4S. The number of allylic oxidation sites excluding steroid dienone is 2. The largest absolute Gasteiger partial charge is 0.384 e. The molecule has 1 unspecified atom stereocenters. The second kappa shape index (κ2) is 9.29. The molecule has 1 aliphatic heterocycles. The van der Waals surface area contributed by atoms with Crippen molar-refractivity contribution in [2.45, 2.75) is 32.6 Å². The summed E-state index contributed by atoms with van der Waals surface area (Å²) >= 11 is 1.25. The van der Waals surface area contributed by atoms with Crippen molar-refractivity contribution in [3.8, 4) is 0 Å². The maximum absolute atomic E-state index is 13.8. The number of rotatable bonds is 5. The van der Waals surface area contributed by atoms with Gasteiger partial charge in [0.2, 0.25) is 0 Å². The molecule has 37 heavy (non-hydrogen) atoms. The number of hydrogen-bond acceptors (Lipinski definition) is 8. The Hall–Kier alpha value is -4.31. The monoisotopic (exact) mass is 515 g/mol. The Morgan fingerprint density at radius 1 is 1.19 bits per heavy atom. The normalized spacial score (nSPS) is 19.0. The van der Waals surface area contributed by atoms with Gasteiger partial charge in [-0.05, 0) is 29.5 Å². The lowest BCUT2D eigenvalue weighted by Gasteiger charge is -2.44. The van der Waals surface area contributed by atoms with E-state index in [0.29, 0.717) is 28.4 Å². The molecule has 0 radical (unpaired) electrons. The first-order valence-electron chi connectivity index (χ1n) is 11.7. The van der Waals surface area contributed by atoms with E-state index in [9.17, 15) is 19.7 Å². The summed E-state index contributed by atoms with van der Waals surface area (Å²) in [4.78, 5) is 44.6. The van der Waals surface area contributed by atoms with Crippen molar-refractivity contribution in [2.24, 2.45) is 11.1 Å². The molecule has 3 aromatic rings. The SMILES string of the molecule is CC1(C)CC(=O)C2=C(C1)N(c1ccccc1)C(N)=C(C(=O)Nc1nccs1)C2c1cccc([N+](=O)[O-])c1. The van der Waals surface area contributed by atoms with E-state index in [4.69, 9.17) is 5.73 Å². The van der Waals surface area contributed by atoms with Crippen LogP contribution in [0.3, 0.4) is 0 Å². The summed E-state index contributed by atoms with van der Waals surface area (Å²) in [6, 6.07) is 15.4. The number of nitro groups is 1. The van der Waals surface area contributed by atoms with E-state index in [-0.39, 0.29) is 34.7 Å². The first kappa shape index (κ1) is 24.4. The van der Waals surface area contributed by atoms with Gasteiger partial charge < -0.3 is 5.73 Å². The number of carbonyl (C=O) groups excluding carboxylic acids is 2. The van der Waals surface area contributed by atoms with E-state index < -0.39 is 16.7 Å². The number of nitrogens with zero attached hydrogens (tertiary/aromatic N) is 3.